The van der Waals surface area contributed by atoms with Gasteiger partial charge in [0.05, 0.1) is 18.2 Å². The molecule has 0 amide bonds. The number of rotatable bonds is 3. The van der Waals surface area contributed by atoms with Crippen molar-refractivity contribution in [3.8, 4) is 0 Å². The van der Waals surface area contributed by atoms with Crippen LogP contribution < -0.4 is 5.73 Å². The summed E-state index contributed by atoms with van der Waals surface area (Å²) in [7, 11) is 0. The monoisotopic (exact) mass is 330 g/mol. The number of morpholine rings is 1. The zero-order chi connectivity index (χ0) is 12.3. The second-order valence-corrected chi connectivity index (χ2v) is 4.59. The van der Waals surface area contributed by atoms with Gasteiger partial charge < -0.3 is 10.5 Å². The molecule has 0 radical (unpaired) electrons. The van der Waals surface area contributed by atoms with E-state index in [1.165, 1.54) is 6.07 Å². The van der Waals surface area contributed by atoms with Gasteiger partial charge in [-0.1, -0.05) is 17.7 Å². The van der Waals surface area contributed by atoms with E-state index in [4.69, 9.17) is 22.1 Å². The third-order valence-corrected chi connectivity index (χ3v) is 3.28. The van der Waals surface area contributed by atoms with Crippen molar-refractivity contribution in [3.05, 3.63) is 34.6 Å². The number of benzene rings is 1. The van der Waals surface area contributed by atoms with Crippen molar-refractivity contribution in [1.82, 2.24) is 4.90 Å². The summed E-state index contributed by atoms with van der Waals surface area (Å²) in [4.78, 5) is 2.24. The highest BCUT2D eigenvalue weighted by Gasteiger charge is 2.21. The Kier molecular flexibility index (Phi) is 8.90. The van der Waals surface area contributed by atoms with Crippen LogP contribution in [0.4, 0.5) is 4.39 Å². The molecule has 1 aliphatic heterocycles. The predicted molar refractivity (Wildman–Crippen MR) is 80.0 cm³/mol. The van der Waals surface area contributed by atoms with Crippen molar-refractivity contribution >= 4 is 36.4 Å². The van der Waals surface area contributed by atoms with Crippen molar-refractivity contribution in [1.29, 1.82) is 0 Å². The molecule has 7 heteroatoms. The number of ether oxygens (including phenoxy) is 1. The van der Waals surface area contributed by atoms with Crippen LogP contribution in [0.2, 0.25) is 5.02 Å². The zero-order valence-electron chi connectivity index (χ0n) is 10.4. The second-order valence-electron chi connectivity index (χ2n) is 4.18. The minimum atomic E-state index is -0.382. The van der Waals surface area contributed by atoms with Crippen molar-refractivity contribution in [2.45, 2.75) is 12.6 Å². The molecule has 1 fully saturated rings. The predicted octanol–water partition coefficient (Wildman–Crippen LogP) is 2.48. The third kappa shape index (κ3) is 5.06. The summed E-state index contributed by atoms with van der Waals surface area (Å²) < 4.78 is 18.4. The first-order valence-electron chi connectivity index (χ1n) is 5.66. The van der Waals surface area contributed by atoms with Gasteiger partial charge in [-0.25, -0.2) is 4.39 Å². The Morgan fingerprint density at radius 3 is 2.79 bits per heavy atom. The lowest BCUT2D eigenvalue weighted by Crippen LogP contribution is -2.48. The lowest BCUT2D eigenvalue weighted by Gasteiger charge is -2.34. The number of nitrogens with zero attached hydrogens (tertiary/aromatic N) is 1. The summed E-state index contributed by atoms with van der Waals surface area (Å²) in [6, 6.07) is 5.05. The summed E-state index contributed by atoms with van der Waals surface area (Å²) in [6.07, 6.45) is 0. The molecule has 1 unspecified atom stereocenters. The van der Waals surface area contributed by atoms with Crippen LogP contribution in [0.15, 0.2) is 18.2 Å². The molecule has 1 atom stereocenters. The molecule has 2 N–H and O–H groups in total. The molecule has 3 nitrogen and oxygen atoms in total. The Morgan fingerprint density at radius 1 is 1.42 bits per heavy atom. The first-order valence-corrected chi connectivity index (χ1v) is 6.04. The Morgan fingerprint density at radius 2 is 2.16 bits per heavy atom. The van der Waals surface area contributed by atoms with E-state index in [1.807, 2.05) is 0 Å². The van der Waals surface area contributed by atoms with Crippen molar-refractivity contribution in [2.75, 3.05) is 26.3 Å². The fourth-order valence-electron chi connectivity index (χ4n) is 1.99. The SMILES string of the molecule is Cl.Cl.NCC1COCCN1Cc1ccc(F)c(Cl)c1. The van der Waals surface area contributed by atoms with Gasteiger partial charge in [0.2, 0.25) is 0 Å². The average Bonchev–Trinajstić information content (AvgIpc) is 2.34. The topological polar surface area (TPSA) is 38.5 Å². The molecule has 19 heavy (non-hydrogen) atoms. The second kappa shape index (κ2) is 8.95. The smallest absolute Gasteiger partial charge is 0.141 e. The molecule has 0 spiro atoms. The molecule has 1 aromatic rings. The molecule has 110 valence electrons. The summed E-state index contributed by atoms with van der Waals surface area (Å²) >= 11 is 5.76. The Hall–Kier alpha value is -0.100. The fourth-order valence-corrected chi connectivity index (χ4v) is 2.19. The average molecular weight is 332 g/mol. The van der Waals surface area contributed by atoms with Gasteiger partial charge in [0.1, 0.15) is 5.82 Å². The molecule has 0 saturated carbocycles. The molecule has 1 aromatic carbocycles. The van der Waals surface area contributed by atoms with Crippen molar-refractivity contribution in [3.63, 3.8) is 0 Å². The number of hydrogen-bond acceptors (Lipinski definition) is 3. The van der Waals surface area contributed by atoms with Crippen LogP contribution in [0.1, 0.15) is 5.56 Å². The molecule has 0 aliphatic carbocycles. The van der Waals surface area contributed by atoms with E-state index in [1.54, 1.807) is 12.1 Å². The van der Waals surface area contributed by atoms with E-state index in [9.17, 15) is 4.39 Å². The highest BCUT2D eigenvalue weighted by Crippen LogP contribution is 2.18. The largest absolute Gasteiger partial charge is 0.378 e. The minimum Gasteiger partial charge on any atom is -0.378 e. The van der Waals surface area contributed by atoms with Gasteiger partial charge >= 0.3 is 0 Å². The zero-order valence-corrected chi connectivity index (χ0v) is 12.7. The standard InChI is InChI=1S/C12H16ClFN2O.2ClH/c13-11-5-9(1-2-12(11)14)7-16-3-4-17-8-10(16)6-15;;/h1-2,5,10H,3-4,6-8,15H2;2*1H. The molecular formula is C12H18Cl3FN2O. The van der Waals surface area contributed by atoms with E-state index in [2.05, 4.69) is 4.90 Å². The van der Waals surface area contributed by atoms with Gasteiger partial charge in [0.15, 0.2) is 0 Å². The maximum absolute atomic E-state index is 13.0. The summed E-state index contributed by atoms with van der Waals surface area (Å²) in [6.45, 7) is 3.51. The lowest BCUT2D eigenvalue weighted by atomic mass is 10.1. The molecule has 2 rings (SSSR count). The highest BCUT2D eigenvalue weighted by molar-refractivity contribution is 6.30. The Labute approximate surface area is 130 Å². The number of hydrogen-bond donors (Lipinski definition) is 1. The van der Waals surface area contributed by atoms with Crippen molar-refractivity contribution in [2.24, 2.45) is 5.73 Å². The van der Waals surface area contributed by atoms with Gasteiger partial charge in [0, 0.05) is 25.7 Å². The minimum absolute atomic E-state index is 0. The van der Waals surface area contributed by atoms with Gasteiger partial charge in [-0.2, -0.15) is 0 Å². The highest BCUT2D eigenvalue weighted by atomic mass is 35.5. The fraction of sp³-hybridized carbons (Fsp3) is 0.500. The van der Waals surface area contributed by atoms with Crippen LogP contribution >= 0.6 is 36.4 Å². The number of nitrogens with two attached hydrogens (primary N) is 1. The molecule has 0 bridgehead atoms. The first kappa shape index (κ1) is 18.9. The summed E-state index contributed by atoms with van der Waals surface area (Å²) in [5, 5.41) is 0.167. The van der Waals surface area contributed by atoms with Gasteiger partial charge in [-0.3, -0.25) is 4.90 Å². The van der Waals surface area contributed by atoms with Gasteiger partial charge in [-0.15, -0.1) is 24.8 Å². The molecule has 1 aliphatic rings. The van der Waals surface area contributed by atoms with Crippen LogP contribution in [0.5, 0.6) is 0 Å². The molecular weight excluding hydrogens is 314 g/mol. The summed E-state index contributed by atoms with van der Waals surface area (Å²) in [5.74, 6) is -0.382. The number of halogens is 4. The maximum Gasteiger partial charge on any atom is 0.141 e. The normalized spacial score (nSPS) is 19.4. The van der Waals surface area contributed by atoms with E-state index in [0.717, 1.165) is 18.7 Å². The first-order chi connectivity index (χ1) is 8.20. The third-order valence-electron chi connectivity index (χ3n) is 2.99. The van der Waals surface area contributed by atoms with E-state index < -0.39 is 0 Å². The summed E-state index contributed by atoms with van der Waals surface area (Å²) in [5.41, 5.74) is 6.69. The maximum atomic E-state index is 13.0. The van der Waals surface area contributed by atoms with Crippen molar-refractivity contribution < 1.29 is 9.13 Å². The van der Waals surface area contributed by atoms with E-state index in [0.29, 0.717) is 19.8 Å². The molecule has 1 saturated heterocycles. The molecule has 0 aromatic heterocycles. The van der Waals surface area contributed by atoms with Crippen LogP contribution in [-0.4, -0.2) is 37.2 Å². The van der Waals surface area contributed by atoms with Crippen LogP contribution in [0.3, 0.4) is 0 Å². The van der Waals surface area contributed by atoms with Gasteiger partial charge in [-0.05, 0) is 17.7 Å². The Balaban J connectivity index is 0.00000162. The van der Waals surface area contributed by atoms with Crippen LogP contribution in [0.25, 0.3) is 0 Å². The van der Waals surface area contributed by atoms with Crippen LogP contribution in [-0.2, 0) is 11.3 Å². The van der Waals surface area contributed by atoms with E-state index in [-0.39, 0.29) is 41.7 Å². The lowest BCUT2D eigenvalue weighted by molar-refractivity contribution is -0.00793. The molecule has 1 heterocycles. The Bertz CT molecular complexity index is 395. The van der Waals surface area contributed by atoms with Gasteiger partial charge in [0.25, 0.3) is 0 Å². The van der Waals surface area contributed by atoms with E-state index >= 15 is 0 Å². The van der Waals surface area contributed by atoms with Crippen LogP contribution in [0, 0.1) is 5.82 Å². The quantitative estimate of drug-likeness (QED) is 0.925.